The zero-order valence-corrected chi connectivity index (χ0v) is 12.9. The van der Waals surface area contributed by atoms with Gasteiger partial charge in [0, 0.05) is 30.4 Å². The van der Waals surface area contributed by atoms with Crippen LogP contribution in [0.2, 0.25) is 0 Å². The maximum absolute atomic E-state index is 13.4. The van der Waals surface area contributed by atoms with Crippen molar-refractivity contribution in [1.82, 2.24) is 9.88 Å². The van der Waals surface area contributed by atoms with Gasteiger partial charge in [-0.1, -0.05) is 36.4 Å². The van der Waals surface area contributed by atoms with Crippen LogP contribution in [0.1, 0.15) is 21.5 Å². The van der Waals surface area contributed by atoms with E-state index in [4.69, 9.17) is 0 Å². The van der Waals surface area contributed by atoms with Crippen molar-refractivity contribution in [1.29, 1.82) is 0 Å². The Morgan fingerprint density at radius 1 is 0.917 bits per heavy atom. The number of rotatable bonds is 2. The molecule has 4 rings (SSSR count). The number of aromatic nitrogens is 1. The molecule has 0 unspecified atom stereocenters. The SMILES string of the molecule is O=C(c1cccc(-c2cncc(F)c2)c1)N1Cc2ccccc2C1. The molecule has 3 aromatic rings. The van der Waals surface area contributed by atoms with E-state index in [0.717, 1.165) is 5.56 Å². The van der Waals surface area contributed by atoms with Gasteiger partial charge in [0.05, 0.1) is 6.20 Å². The molecule has 0 atom stereocenters. The molecule has 3 nitrogen and oxygen atoms in total. The minimum atomic E-state index is -0.390. The lowest BCUT2D eigenvalue weighted by Gasteiger charge is -2.16. The molecule has 2 aromatic carbocycles. The van der Waals surface area contributed by atoms with E-state index >= 15 is 0 Å². The van der Waals surface area contributed by atoms with Crippen LogP contribution in [0.15, 0.2) is 67.0 Å². The van der Waals surface area contributed by atoms with Crippen molar-refractivity contribution in [3.05, 3.63) is 89.5 Å². The number of carbonyl (C=O) groups excluding carboxylic acids is 1. The Labute approximate surface area is 139 Å². The van der Waals surface area contributed by atoms with Gasteiger partial charge in [0.1, 0.15) is 5.82 Å². The van der Waals surface area contributed by atoms with Gasteiger partial charge in [0.25, 0.3) is 5.91 Å². The minimum Gasteiger partial charge on any atom is -0.330 e. The van der Waals surface area contributed by atoms with Crippen LogP contribution >= 0.6 is 0 Å². The summed E-state index contributed by atoms with van der Waals surface area (Å²) in [4.78, 5) is 18.5. The predicted octanol–water partition coefficient (Wildman–Crippen LogP) is 4.04. The van der Waals surface area contributed by atoms with Crippen LogP contribution in [0.25, 0.3) is 11.1 Å². The van der Waals surface area contributed by atoms with Crippen molar-refractivity contribution in [2.24, 2.45) is 0 Å². The first-order valence-electron chi connectivity index (χ1n) is 7.78. The fourth-order valence-corrected chi connectivity index (χ4v) is 3.06. The highest BCUT2D eigenvalue weighted by Crippen LogP contribution is 2.26. The van der Waals surface area contributed by atoms with E-state index in [1.54, 1.807) is 18.3 Å². The number of benzene rings is 2. The van der Waals surface area contributed by atoms with Crippen molar-refractivity contribution in [3.8, 4) is 11.1 Å². The second kappa shape index (κ2) is 5.89. The molecule has 4 heteroatoms. The second-order valence-corrected chi connectivity index (χ2v) is 5.90. The topological polar surface area (TPSA) is 33.2 Å². The van der Waals surface area contributed by atoms with E-state index in [9.17, 15) is 9.18 Å². The zero-order valence-electron chi connectivity index (χ0n) is 12.9. The lowest BCUT2D eigenvalue weighted by Crippen LogP contribution is -2.25. The Bertz CT molecular complexity index is 898. The molecule has 1 amide bonds. The predicted molar refractivity (Wildman–Crippen MR) is 89.7 cm³/mol. The van der Waals surface area contributed by atoms with Crippen LogP contribution in [0.3, 0.4) is 0 Å². The molecule has 0 bridgehead atoms. The average Bonchev–Trinajstić information content (AvgIpc) is 3.05. The Morgan fingerprint density at radius 2 is 1.67 bits per heavy atom. The van der Waals surface area contributed by atoms with Gasteiger partial charge in [-0.15, -0.1) is 0 Å². The van der Waals surface area contributed by atoms with Crippen LogP contribution in [0, 0.1) is 5.82 Å². The van der Waals surface area contributed by atoms with Gasteiger partial charge in [-0.2, -0.15) is 0 Å². The first-order chi connectivity index (χ1) is 11.7. The lowest BCUT2D eigenvalue weighted by atomic mass is 10.0. The molecule has 1 aromatic heterocycles. The normalized spacial score (nSPS) is 13.0. The summed E-state index contributed by atoms with van der Waals surface area (Å²) in [6, 6.07) is 16.8. The Morgan fingerprint density at radius 3 is 2.38 bits per heavy atom. The zero-order chi connectivity index (χ0) is 16.5. The molecule has 0 spiro atoms. The summed E-state index contributed by atoms with van der Waals surface area (Å²) < 4.78 is 13.4. The van der Waals surface area contributed by atoms with Gasteiger partial charge < -0.3 is 4.90 Å². The summed E-state index contributed by atoms with van der Waals surface area (Å²) in [5.41, 5.74) is 4.43. The molecule has 1 aliphatic rings. The molecule has 0 saturated carbocycles. The van der Waals surface area contributed by atoms with Crippen molar-refractivity contribution in [2.45, 2.75) is 13.1 Å². The third-order valence-corrected chi connectivity index (χ3v) is 4.28. The van der Waals surface area contributed by atoms with Crippen LogP contribution in [0.4, 0.5) is 4.39 Å². The number of carbonyl (C=O) groups is 1. The molecule has 2 heterocycles. The highest BCUT2D eigenvalue weighted by molar-refractivity contribution is 5.95. The van der Waals surface area contributed by atoms with Crippen molar-refractivity contribution >= 4 is 5.91 Å². The van der Waals surface area contributed by atoms with Gasteiger partial charge in [0.15, 0.2) is 0 Å². The number of fused-ring (bicyclic) bond motifs is 1. The van der Waals surface area contributed by atoms with Crippen LogP contribution in [-0.4, -0.2) is 15.8 Å². The van der Waals surface area contributed by atoms with Gasteiger partial charge >= 0.3 is 0 Å². The van der Waals surface area contributed by atoms with E-state index < -0.39 is 0 Å². The average molecular weight is 318 g/mol. The number of halogens is 1. The van der Waals surface area contributed by atoms with Crippen LogP contribution < -0.4 is 0 Å². The first-order valence-corrected chi connectivity index (χ1v) is 7.78. The van der Waals surface area contributed by atoms with Crippen molar-refractivity contribution in [3.63, 3.8) is 0 Å². The summed E-state index contributed by atoms with van der Waals surface area (Å²) in [7, 11) is 0. The van der Waals surface area contributed by atoms with Gasteiger partial charge in [-0.05, 0) is 34.9 Å². The fraction of sp³-hybridized carbons (Fsp3) is 0.100. The number of pyridine rings is 1. The molecular formula is C20H15FN2O. The Balaban J connectivity index is 1.61. The van der Waals surface area contributed by atoms with Crippen molar-refractivity contribution < 1.29 is 9.18 Å². The van der Waals surface area contributed by atoms with Gasteiger partial charge in [-0.3, -0.25) is 9.78 Å². The molecule has 0 aliphatic carbocycles. The second-order valence-electron chi connectivity index (χ2n) is 5.90. The third-order valence-electron chi connectivity index (χ3n) is 4.28. The Kier molecular flexibility index (Phi) is 3.58. The van der Waals surface area contributed by atoms with Crippen molar-refractivity contribution in [2.75, 3.05) is 0 Å². The molecule has 0 fully saturated rings. The number of nitrogens with zero attached hydrogens (tertiary/aromatic N) is 2. The fourth-order valence-electron chi connectivity index (χ4n) is 3.06. The van der Waals surface area contributed by atoms with Gasteiger partial charge in [0.2, 0.25) is 0 Å². The smallest absolute Gasteiger partial charge is 0.254 e. The summed E-state index contributed by atoms with van der Waals surface area (Å²) in [5, 5.41) is 0. The summed E-state index contributed by atoms with van der Waals surface area (Å²) >= 11 is 0. The molecule has 0 N–H and O–H groups in total. The number of hydrogen-bond acceptors (Lipinski definition) is 2. The number of hydrogen-bond donors (Lipinski definition) is 0. The third kappa shape index (κ3) is 2.67. The Hall–Kier alpha value is -3.01. The standard InChI is InChI=1S/C20H15FN2O/c21-19-9-18(10-22-11-19)14-6-3-7-15(8-14)20(24)23-12-16-4-1-2-5-17(16)13-23/h1-11H,12-13H2. The molecule has 1 aliphatic heterocycles. The molecular weight excluding hydrogens is 303 g/mol. The lowest BCUT2D eigenvalue weighted by molar-refractivity contribution is 0.0751. The van der Waals surface area contributed by atoms with E-state index in [1.807, 2.05) is 29.2 Å². The summed E-state index contributed by atoms with van der Waals surface area (Å²) in [6.45, 7) is 1.25. The monoisotopic (exact) mass is 318 g/mol. The molecule has 24 heavy (non-hydrogen) atoms. The quantitative estimate of drug-likeness (QED) is 0.714. The van der Waals surface area contributed by atoms with E-state index in [-0.39, 0.29) is 11.7 Å². The van der Waals surface area contributed by atoms with E-state index in [0.29, 0.717) is 24.2 Å². The highest BCUT2D eigenvalue weighted by Gasteiger charge is 2.23. The molecule has 118 valence electrons. The van der Waals surface area contributed by atoms with E-state index in [1.165, 1.54) is 23.4 Å². The summed E-state index contributed by atoms with van der Waals surface area (Å²) in [5.74, 6) is -0.406. The largest absolute Gasteiger partial charge is 0.330 e. The maximum atomic E-state index is 13.4. The maximum Gasteiger partial charge on any atom is 0.254 e. The molecule has 0 radical (unpaired) electrons. The number of amides is 1. The van der Waals surface area contributed by atoms with E-state index in [2.05, 4.69) is 17.1 Å². The minimum absolute atomic E-state index is 0.0163. The first kappa shape index (κ1) is 14.6. The van der Waals surface area contributed by atoms with Gasteiger partial charge in [-0.25, -0.2) is 4.39 Å². The molecule has 0 saturated heterocycles. The van der Waals surface area contributed by atoms with Crippen LogP contribution in [-0.2, 0) is 13.1 Å². The highest BCUT2D eigenvalue weighted by atomic mass is 19.1. The summed E-state index contributed by atoms with van der Waals surface area (Å²) in [6.07, 6.45) is 2.76. The van der Waals surface area contributed by atoms with Crippen LogP contribution in [0.5, 0.6) is 0 Å².